The summed E-state index contributed by atoms with van der Waals surface area (Å²) in [6, 6.07) is 0. The van der Waals surface area contributed by atoms with Gasteiger partial charge in [0, 0.05) is 5.92 Å². The van der Waals surface area contributed by atoms with Gasteiger partial charge in [0.1, 0.15) is 0 Å². The molecule has 3 nitrogen and oxygen atoms in total. The lowest BCUT2D eigenvalue weighted by molar-refractivity contribution is -0.155. The number of methoxy groups -OCH3 is 1. The first-order chi connectivity index (χ1) is 6.41. The van der Waals surface area contributed by atoms with Crippen LogP contribution in [-0.4, -0.2) is 24.3 Å². The maximum atomic E-state index is 11.2. The highest BCUT2D eigenvalue weighted by Crippen LogP contribution is 2.48. The lowest BCUT2D eigenvalue weighted by atomic mass is 9.74. The molecule has 1 fully saturated rings. The highest BCUT2D eigenvalue weighted by atomic mass is 16.5. The molecule has 1 N–H and O–H groups in total. The Labute approximate surface area is 85.5 Å². The average molecular weight is 200 g/mol. The number of esters is 1. The van der Waals surface area contributed by atoms with E-state index in [4.69, 9.17) is 0 Å². The van der Waals surface area contributed by atoms with Crippen LogP contribution in [-0.2, 0) is 9.53 Å². The zero-order valence-corrected chi connectivity index (χ0v) is 9.41. The quantitative estimate of drug-likeness (QED) is 0.689. The highest BCUT2D eigenvalue weighted by Gasteiger charge is 2.46. The van der Waals surface area contributed by atoms with Gasteiger partial charge < -0.3 is 9.84 Å². The molecule has 0 saturated heterocycles. The first-order valence-electron chi connectivity index (χ1n) is 5.17. The first kappa shape index (κ1) is 11.5. The molecule has 82 valence electrons. The van der Waals surface area contributed by atoms with Crippen molar-refractivity contribution in [3.8, 4) is 0 Å². The summed E-state index contributed by atoms with van der Waals surface area (Å²) in [5.74, 6) is 0.0777. The van der Waals surface area contributed by atoms with Gasteiger partial charge in [0.25, 0.3) is 0 Å². The Balaban J connectivity index is 2.74. The highest BCUT2D eigenvalue weighted by molar-refractivity contribution is 5.74. The van der Waals surface area contributed by atoms with Crippen LogP contribution in [0.5, 0.6) is 0 Å². The van der Waals surface area contributed by atoms with Crippen LogP contribution >= 0.6 is 0 Å². The van der Waals surface area contributed by atoms with E-state index in [-0.39, 0.29) is 11.3 Å². The van der Waals surface area contributed by atoms with E-state index in [0.29, 0.717) is 5.92 Å². The van der Waals surface area contributed by atoms with Crippen LogP contribution in [0.25, 0.3) is 0 Å². The van der Waals surface area contributed by atoms with Crippen molar-refractivity contribution in [3.05, 3.63) is 0 Å². The Morgan fingerprint density at radius 1 is 1.50 bits per heavy atom. The summed E-state index contributed by atoms with van der Waals surface area (Å²) in [4.78, 5) is 11.2. The van der Waals surface area contributed by atoms with Crippen molar-refractivity contribution in [2.45, 2.75) is 39.7 Å². The van der Waals surface area contributed by atoms with E-state index in [1.807, 2.05) is 0 Å². The van der Waals surface area contributed by atoms with Crippen molar-refractivity contribution < 1.29 is 14.6 Å². The van der Waals surface area contributed by atoms with E-state index >= 15 is 0 Å². The van der Waals surface area contributed by atoms with Crippen molar-refractivity contribution in [3.63, 3.8) is 0 Å². The van der Waals surface area contributed by atoms with Crippen molar-refractivity contribution in [1.29, 1.82) is 0 Å². The normalized spacial score (nSPS) is 32.6. The van der Waals surface area contributed by atoms with E-state index in [0.717, 1.165) is 12.8 Å². The molecule has 0 aromatic carbocycles. The number of aliphatic hydroxyl groups excluding tert-OH is 1. The fraction of sp³-hybridized carbons (Fsp3) is 0.909. The predicted octanol–water partition coefficient (Wildman–Crippen LogP) is 1.59. The van der Waals surface area contributed by atoms with Gasteiger partial charge in [0.2, 0.25) is 0 Å². The number of hydrogen-bond acceptors (Lipinski definition) is 3. The van der Waals surface area contributed by atoms with Crippen LogP contribution in [0.4, 0.5) is 0 Å². The molecule has 1 aliphatic rings. The number of carbonyl (C=O) groups excluding carboxylic acids is 1. The molecule has 0 heterocycles. The van der Waals surface area contributed by atoms with Crippen LogP contribution in [0.2, 0.25) is 0 Å². The topological polar surface area (TPSA) is 46.5 Å². The van der Waals surface area contributed by atoms with E-state index in [2.05, 4.69) is 25.5 Å². The maximum absolute atomic E-state index is 11.2. The third kappa shape index (κ3) is 1.78. The molecule has 1 aliphatic carbocycles. The molecule has 1 saturated carbocycles. The Bertz CT molecular complexity index is 223. The Kier molecular flexibility index (Phi) is 3.20. The fourth-order valence-corrected chi connectivity index (χ4v) is 2.39. The van der Waals surface area contributed by atoms with E-state index in [9.17, 15) is 9.90 Å². The number of carbonyl (C=O) groups is 1. The van der Waals surface area contributed by atoms with Gasteiger partial charge in [-0.1, -0.05) is 20.8 Å². The SMILES string of the molecule is COC(=O)[C@@H](O)[C@H]1CC[C@H](C)C1(C)C. The molecule has 0 bridgehead atoms. The van der Waals surface area contributed by atoms with Crippen LogP contribution < -0.4 is 0 Å². The van der Waals surface area contributed by atoms with Gasteiger partial charge in [-0.3, -0.25) is 0 Å². The molecule has 14 heavy (non-hydrogen) atoms. The molecule has 0 unspecified atom stereocenters. The summed E-state index contributed by atoms with van der Waals surface area (Å²) in [6.45, 7) is 6.40. The molecule has 3 heteroatoms. The van der Waals surface area contributed by atoms with E-state index < -0.39 is 12.1 Å². The summed E-state index contributed by atoms with van der Waals surface area (Å²) in [7, 11) is 1.32. The van der Waals surface area contributed by atoms with Gasteiger partial charge in [0.05, 0.1) is 7.11 Å². The molecule has 0 radical (unpaired) electrons. The summed E-state index contributed by atoms with van der Waals surface area (Å²) in [5.41, 5.74) is 0.0214. The molecule has 0 aliphatic heterocycles. The van der Waals surface area contributed by atoms with Crippen LogP contribution in [0.15, 0.2) is 0 Å². The van der Waals surface area contributed by atoms with Crippen molar-refractivity contribution >= 4 is 5.97 Å². The zero-order valence-electron chi connectivity index (χ0n) is 9.41. The lowest BCUT2D eigenvalue weighted by Crippen LogP contribution is -2.38. The van der Waals surface area contributed by atoms with Crippen molar-refractivity contribution in [1.82, 2.24) is 0 Å². The van der Waals surface area contributed by atoms with Gasteiger partial charge in [-0.25, -0.2) is 4.79 Å². The van der Waals surface area contributed by atoms with Gasteiger partial charge in [-0.15, -0.1) is 0 Å². The standard InChI is InChI=1S/C11H20O3/c1-7-5-6-8(11(7,2)3)9(12)10(13)14-4/h7-9,12H,5-6H2,1-4H3/t7-,8+,9-/m0/s1. The predicted molar refractivity (Wildman–Crippen MR) is 53.7 cm³/mol. The monoisotopic (exact) mass is 200 g/mol. The fourth-order valence-electron chi connectivity index (χ4n) is 2.39. The number of hydrogen-bond donors (Lipinski definition) is 1. The molecule has 0 spiro atoms. The second-order valence-electron chi connectivity index (χ2n) is 4.87. The number of aliphatic hydroxyl groups is 1. The molecular formula is C11H20O3. The van der Waals surface area contributed by atoms with Gasteiger partial charge >= 0.3 is 5.97 Å². The van der Waals surface area contributed by atoms with Crippen LogP contribution in [0.1, 0.15) is 33.6 Å². The molecular weight excluding hydrogens is 180 g/mol. The minimum Gasteiger partial charge on any atom is -0.467 e. The Morgan fingerprint density at radius 3 is 2.43 bits per heavy atom. The van der Waals surface area contributed by atoms with Gasteiger partial charge in [-0.2, -0.15) is 0 Å². The minimum atomic E-state index is -0.958. The number of ether oxygens (including phenoxy) is 1. The van der Waals surface area contributed by atoms with Gasteiger partial charge in [-0.05, 0) is 24.2 Å². The maximum Gasteiger partial charge on any atom is 0.334 e. The molecule has 3 atom stereocenters. The summed E-state index contributed by atoms with van der Waals surface area (Å²) < 4.78 is 4.56. The lowest BCUT2D eigenvalue weighted by Gasteiger charge is -2.33. The number of rotatable bonds is 2. The summed E-state index contributed by atoms with van der Waals surface area (Å²) in [5, 5.41) is 9.80. The summed E-state index contributed by atoms with van der Waals surface area (Å²) >= 11 is 0. The average Bonchev–Trinajstić information content (AvgIpc) is 2.40. The second-order valence-corrected chi connectivity index (χ2v) is 4.87. The zero-order chi connectivity index (χ0) is 10.9. The molecule has 1 rings (SSSR count). The molecule has 0 aromatic heterocycles. The molecule has 0 aromatic rings. The molecule has 0 amide bonds. The van der Waals surface area contributed by atoms with Crippen LogP contribution in [0.3, 0.4) is 0 Å². The van der Waals surface area contributed by atoms with Gasteiger partial charge in [0.15, 0.2) is 6.10 Å². The Morgan fingerprint density at radius 2 is 2.07 bits per heavy atom. The smallest absolute Gasteiger partial charge is 0.334 e. The largest absolute Gasteiger partial charge is 0.467 e. The van der Waals surface area contributed by atoms with Crippen LogP contribution in [0, 0.1) is 17.3 Å². The van der Waals surface area contributed by atoms with Crippen molar-refractivity contribution in [2.75, 3.05) is 7.11 Å². The first-order valence-corrected chi connectivity index (χ1v) is 5.17. The summed E-state index contributed by atoms with van der Waals surface area (Å²) in [6.07, 6.45) is 1.02. The minimum absolute atomic E-state index is 0.0214. The van der Waals surface area contributed by atoms with Crippen molar-refractivity contribution in [2.24, 2.45) is 17.3 Å². The second kappa shape index (κ2) is 3.89. The van der Waals surface area contributed by atoms with E-state index in [1.54, 1.807) is 0 Å². The van der Waals surface area contributed by atoms with E-state index in [1.165, 1.54) is 7.11 Å². The Hall–Kier alpha value is -0.570. The third-order valence-electron chi connectivity index (χ3n) is 3.96. The third-order valence-corrected chi connectivity index (χ3v) is 3.96.